The van der Waals surface area contributed by atoms with Crippen LogP contribution < -0.4 is 4.74 Å². The molecule has 2 aliphatic heterocycles. The molecular weight excluding hydrogens is 448 g/mol. The van der Waals surface area contributed by atoms with E-state index in [0.29, 0.717) is 19.7 Å². The highest BCUT2D eigenvalue weighted by Gasteiger charge is 2.32. The molecule has 1 unspecified atom stereocenters. The second-order valence-electron chi connectivity index (χ2n) is 9.91. The van der Waals surface area contributed by atoms with E-state index in [2.05, 4.69) is 69.0 Å². The van der Waals surface area contributed by atoms with Crippen molar-refractivity contribution in [2.75, 3.05) is 19.7 Å². The molecule has 1 atom stereocenters. The third-order valence-corrected chi connectivity index (χ3v) is 7.68. The first-order valence-electron chi connectivity index (χ1n) is 12.9. The van der Waals surface area contributed by atoms with Gasteiger partial charge in [0.05, 0.1) is 30.2 Å². The second kappa shape index (κ2) is 9.34. The van der Waals surface area contributed by atoms with E-state index in [1.807, 2.05) is 31.0 Å². The number of ether oxygens (including phenoxy) is 1. The van der Waals surface area contributed by atoms with Crippen LogP contribution in [0.2, 0.25) is 0 Å². The van der Waals surface area contributed by atoms with E-state index in [4.69, 9.17) is 4.74 Å². The molecule has 0 radical (unpaired) electrons. The molecule has 0 N–H and O–H groups in total. The number of fused-ring (bicyclic) bond motifs is 2. The number of aryl methyl sites for hydroxylation is 2. The molecule has 4 aromatic rings. The predicted octanol–water partition coefficient (Wildman–Crippen LogP) is 6.09. The minimum absolute atomic E-state index is 0.109. The molecule has 6 nitrogen and oxygen atoms in total. The van der Waals surface area contributed by atoms with Crippen molar-refractivity contribution in [3.8, 4) is 16.9 Å². The quantitative estimate of drug-likeness (QED) is 0.349. The molecule has 1 fully saturated rings. The first-order chi connectivity index (χ1) is 17.6. The Kier molecular flexibility index (Phi) is 5.88. The Morgan fingerprint density at radius 2 is 1.78 bits per heavy atom. The fraction of sp³-hybridized carbons (Fsp3) is 0.333. The van der Waals surface area contributed by atoms with Crippen LogP contribution in [0, 0.1) is 6.92 Å². The molecule has 36 heavy (non-hydrogen) atoms. The van der Waals surface area contributed by atoms with E-state index in [0.717, 1.165) is 65.1 Å². The number of carbonyl (C=O) groups is 1. The minimum Gasteiger partial charge on any atom is -0.491 e. The van der Waals surface area contributed by atoms with Gasteiger partial charge in [0.25, 0.3) is 0 Å². The van der Waals surface area contributed by atoms with Gasteiger partial charge in [-0.2, -0.15) is 0 Å². The Bertz CT molecular complexity index is 1410. The van der Waals surface area contributed by atoms with Crippen LogP contribution in [-0.4, -0.2) is 45.1 Å². The third-order valence-electron chi connectivity index (χ3n) is 7.68. The van der Waals surface area contributed by atoms with Crippen molar-refractivity contribution in [2.24, 2.45) is 7.05 Å². The number of likely N-dealkylation sites (tertiary alicyclic amines) is 1. The van der Waals surface area contributed by atoms with E-state index in [1.165, 1.54) is 5.56 Å². The van der Waals surface area contributed by atoms with E-state index >= 15 is 0 Å². The number of aromatic nitrogens is 2. The number of piperidine rings is 1. The summed E-state index contributed by atoms with van der Waals surface area (Å²) >= 11 is 0. The third kappa shape index (κ3) is 4.11. The van der Waals surface area contributed by atoms with Crippen LogP contribution in [0.15, 0.2) is 66.7 Å². The SMILES string of the molecule is Cc1nc2ccc(-c3ccc4c(c3)CN(C(=O)N3CCCCC3c3ccccc3)CCO4)cc2n1C. The van der Waals surface area contributed by atoms with Gasteiger partial charge in [0.1, 0.15) is 18.2 Å². The smallest absolute Gasteiger partial charge is 0.320 e. The summed E-state index contributed by atoms with van der Waals surface area (Å²) in [6, 6.07) is 23.4. The standard InChI is InChI=1S/C30H32N4O2/c1-21-31-26-13-11-24(19-28(26)32(21)2)23-12-14-29-25(18-23)20-33(16-17-36-29)30(35)34-15-7-6-10-27(34)22-8-4-3-5-9-22/h3-5,8-9,11-14,18-19,27H,6-7,10,15-17,20H2,1-2H3. The lowest BCUT2D eigenvalue weighted by molar-refractivity contribution is 0.110. The zero-order valence-electron chi connectivity index (χ0n) is 21.0. The monoisotopic (exact) mass is 480 g/mol. The number of amides is 2. The molecule has 0 spiro atoms. The highest BCUT2D eigenvalue weighted by atomic mass is 16.5. The lowest BCUT2D eigenvalue weighted by atomic mass is 9.95. The average molecular weight is 481 g/mol. The van der Waals surface area contributed by atoms with Gasteiger partial charge in [-0.1, -0.05) is 42.5 Å². The fourth-order valence-corrected chi connectivity index (χ4v) is 5.59. The largest absolute Gasteiger partial charge is 0.491 e. The number of hydrogen-bond donors (Lipinski definition) is 0. The minimum atomic E-state index is 0.109. The summed E-state index contributed by atoms with van der Waals surface area (Å²) in [5.74, 6) is 1.86. The summed E-state index contributed by atoms with van der Waals surface area (Å²) in [6.07, 6.45) is 3.21. The normalized spacial score (nSPS) is 18.0. The van der Waals surface area contributed by atoms with Gasteiger partial charge >= 0.3 is 6.03 Å². The van der Waals surface area contributed by atoms with Gasteiger partial charge in [-0.3, -0.25) is 0 Å². The van der Waals surface area contributed by atoms with Gasteiger partial charge in [-0.05, 0) is 67.1 Å². The molecule has 6 heteroatoms. The number of benzene rings is 3. The highest BCUT2D eigenvalue weighted by molar-refractivity contribution is 5.83. The number of carbonyl (C=O) groups excluding carboxylic acids is 1. The van der Waals surface area contributed by atoms with Crippen LogP contribution >= 0.6 is 0 Å². The lowest BCUT2D eigenvalue weighted by Crippen LogP contribution is -2.47. The molecule has 3 aromatic carbocycles. The number of hydrogen-bond acceptors (Lipinski definition) is 3. The van der Waals surface area contributed by atoms with Crippen molar-refractivity contribution in [1.29, 1.82) is 0 Å². The summed E-state index contributed by atoms with van der Waals surface area (Å²) < 4.78 is 8.20. The Morgan fingerprint density at radius 1 is 0.972 bits per heavy atom. The average Bonchev–Trinajstić information content (AvgIpc) is 3.07. The van der Waals surface area contributed by atoms with Gasteiger partial charge in [0, 0.05) is 19.2 Å². The van der Waals surface area contributed by atoms with Gasteiger partial charge in [-0.25, -0.2) is 9.78 Å². The number of rotatable bonds is 2. The maximum absolute atomic E-state index is 13.8. The van der Waals surface area contributed by atoms with Crippen LogP contribution in [0.5, 0.6) is 5.75 Å². The van der Waals surface area contributed by atoms with Crippen LogP contribution in [0.4, 0.5) is 4.79 Å². The van der Waals surface area contributed by atoms with Crippen LogP contribution in [0.25, 0.3) is 22.2 Å². The number of urea groups is 1. The Labute approximate surface area is 212 Å². The Morgan fingerprint density at radius 3 is 2.64 bits per heavy atom. The molecule has 0 aliphatic carbocycles. The van der Waals surface area contributed by atoms with Gasteiger partial charge in [-0.15, -0.1) is 0 Å². The fourth-order valence-electron chi connectivity index (χ4n) is 5.59. The lowest BCUT2D eigenvalue weighted by Gasteiger charge is -2.39. The van der Waals surface area contributed by atoms with Crippen molar-refractivity contribution in [1.82, 2.24) is 19.4 Å². The zero-order valence-corrected chi connectivity index (χ0v) is 21.0. The molecule has 6 rings (SSSR count). The van der Waals surface area contributed by atoms with Crippen molar-refractivity contribution in [3.05, 3.63) is 83.7 Å². The summed E-state index contributed by atoms with van der Waals surface area (Å²) in [4.78, 5) is 22.5. The van der Waals surface area contributed by atoms with E-state index in [9.17, 15) is 4.79 Å². The highest BCUT2D eigenvalue weighted by Crippen LogP contribution is 2.34. The van der Waals surface area contributed by atoms with Crippen LogP contribution in [0.3, 0.4) is 0 Å². The predicted molar refractivity (Wildman–Crippen MR) is 142 cm³/mol. The molecule has 0 saturated carbocycles. The summed E-state index contributed by atoms with van der Waals surface area (Å²) in [6.45, 7) is 4.46. The van der Waals surface area contributed by atoms with E-state index in [1.54, 1.807) is 0 Å². The maximum atomic E-state index is 13.8. The molecule has 2 aliphatic rings. The molecule has 3 heterocycles. The van der Waals surface area contributed by atoms with Crippen molar-refractivity contribution >= 4 is 17.1 Å². The van der Waals surface area contributed by atoms with Gasteiger partial charge in [0.15, 0.2) is 0 Å². The van der Waals surface area contributed by atoms with Crippen LogP contribution in [-0.2, 0) is 13.6 Å². The maximum Gasteiger partial charge on any atom is 0.320 e. The van der Waals surface area contributed by atoms with Crippen LogP contribution in [0.1, 0.15) is 42.3 Å². The van der Waals surface area contributed by atoms with Gasteiger partial charge in [0.2, 0.25) is 0 Å². The number of imidazole rings is 1. The molecule has 2 amide bonds. The van der Waals surface area contributed by atoms with Gasteiger partial charge < -0.3 is 19.1 Å². The van der Waals surface area contributed by atoms with E-state index in [-0.39, 0.29) is 12.1 Å². The molecule has 0 bridgehead atoms. The summed E-state index contributed by atoms with van der Waals surface area (Å²) in [5, 5.41) is 0. The van der Waals surface area contributed by atoms with E-state index < -0.39 is 0 Å². The zero-order chi connectivity index (χ0) is 24.6. The number of nitrogens with zero attached hydrogens (tertiary/aromatic N) is 4. The first-order valence-corrected chi connectivity index (χ1v) is 12.9. The Hall–Kier alpha value is -3.80. The Balaban J connectivity index is 1.28. The molecule has 1 aromatic heterocycles. The molecule has 184 valence electrons. The van der Waals surface area contributed by atoms with Crippen molar-refractivity contribution < 1.29 is 9.53 Å². The van der Waals surface area contributed by atoms with Crippen molar-refractivity contribution in [3.63, 3.8) is 0 Å². The topological polar surface area (TPSA) is 50.6 Å². The first kappa shape index (κ1) is 22.7. The summed E-state index contributed by atoms with van der Waals surface area (Å²) in [5.41, 5.74) is 6.64. The molecule has 1 saturated heterocycles. The van der Waals surface area contributed by atoms with Crippen molar-refractivity contribution in [2.45, 2.75) is 38.8 Å². The molecular formula is C30H32N4O2. The summed E-state index contributed by atoms with van der Waals surface area (Å²) in [7, 11) is 2.05. The second-order valence-corrected chi connectivity index (χ2v) is 9.91.